The molecule has 0 saturated heterocycles. The van der Waals surface area contributed by atoms with Crippen molar-refractivity contribution in [2.75, 3.05) is 6.54 Å². The molecule has 0 aliphatic rings. The molecule has 0 spiro atoms. The number of benzene rings is 1. The topological polar surface area (TPSA) is 189 Å². The Bertz CT molecular complexity index is 867. The zero-order valence-corrected chi connectivity index (χ0v) is 19.8. The summed E-state index contributed by atoms with van der Waals surface area (Å²) in [7, 11) is 0. The lowest BCUT2D eigenvalue weighted by Crippen LogP contribution is -2.53. The van der Waals surface area contributed by atoms with E-state index in [1.54, 1.807) is 34.6 Å². The minimum Gasteiger partial charge on any atom is -0.508 e. The van der Waals surface area contributed by atoms with Crippen LogP contribution in [0.5, 0.6) is 5.75 Å². The summed E-state index contributed by atoms with van der Waals surface area (Å²) in [6, 6.07) is 0.747. The molecule has 0 aromatic heterocycles. The molecule has 0 aliphatic heterocycles. The highest BCUT2D eigenvalue weighted by Crippen LogP contribution is 2.22. The van der Waals surface area contributed by atoms with Crippen molar-refractivity contribution in [3.8, 4) is 5.75 Å². The standard InChI is InChI=1S/C22H35N5O6/c1-12-9-14(28)10-13(2)15(12)11-17(19(30)31)26-18(29)16(7-6-8-25-20(23)24)27-21(32)33-22(3,4)5/h9-10,16-17,28H,6-8,11H2,1-5H3,(H,26,29)(H,27,32)(H,30,31)(H4,23,24,25)/t16-,17-/m0/s1. The maximum Gasteiger partial charge on any atom is 0.408 e. The fourth-order valence-corrected chi connectivity index (χ4v) is 3.19. The van der Waals surface area contributed by atoms with Gasteiger partial charge in [0.05, 0.1) is 0 Å². The number of aliphatic imine (C=N–C) groups is 1. The van der Waals surface area contributed by atoms with E-state index >= 15 is 0 Å². The summed E-state index contributed by atoms with van der Waals surface area (Å²) in [6.07, 6.45) is -0.279. The molecular formula is C22H35N5O6. The molecule has 11 nitrogen and oxygen atoms in total. The number of aliphatic carboxylic acids is 1. The number of aryl methyl sites for hydroxylation is 2. The van der Waals surface area contributed by atoms with E-state index in [9.17, 15) is 24.6 Å². The van der Waals surface area contributed by atoms with Crippen molar-refractivity contribution in [2.24, 2.45) is 16.5 Å². The third kappa shape index (κ3) is 10.1. The monoisotopic (exact) mass is 465 g/mol. The number of rotatable bonds is 10. The first-order valence-corrected chi connectivity index (χ1v) is 10.6. The summed E-state index contributed by atoms with van der Waals surface area (Å²) in [5.41, 5.74) is 11.9. The molecule has 1 rings (SSSR count). The van der Waals surface area contributed by atoms with E-state index in [0.29, 0.717) is 23.1 Å². The second-order valence-corrected chi connectivity index (χ2v) is 8.81. The van der Waals surface area contributed by atoms with Gasteiger partial charge in [0.2, 0.25) is 5.91 Å². The van der Waals surface area contributed by atoms with Crippen LogP contribution in [0.2, 0.25) is 0 Å². The van der Waals surface area contributed by atoms with E-state index < -0.39 is 35.7 Å². The minimum atomic E-state index is -1.25. The number of carboxylic acids is 1. The Morgan fingerprint density at radius 1 is 1.09 bits per heavy atom. The van der Waals surface area contributed by atoms with E-state index in [0.717, 1.165) is 0 Å². The van der Waals surface area contributed by atoms with E-state index in [1.165, 1.54) is 12.1 Å². The molecule has 1 aromatic rings. The van der Waals surface area contributed by atoms with Gasteiger partial charge < -0.3 is 37.1 Å². The van der Waals surface area contributed by atoms with Crippen LogP contribution in [-0.4, -0.2) is 58.4 Å². The number of aromatic hydroxyl groups is 1. The molecule has 1 aromatic carbocycles. The van der Waals surface area contributed by atoms with Gasteiger partial charge >= 0.3 is 12.1 Å². The number of amides is 2. The van der Waals surface area contributed by atoms with Gasteiger partial charge in [0.25, 0.3) is 0 Å². The van der Waals surface area contributed by atoms with Crippen LogP contribution >= 0.6 is 0 Å². The van der Waals surface area contributed by atoms with Gasteiger partial charge in [-0.1, -0.05) is 0 Å². The van der Waals surface area contributed by atoms with Crippen molar-refractivity contribution < 1.29 is 29.3 Å². The molecule has 2 atom stereocenters. The predicted molar refractivity (Wildman–Crippen MR) is 124 cm³/mol. The van der Waals surface area contributed by atoms with Crippen LogP contribution in [0.25, 0.3) is 0 Å². The Morgan fingerprint density at radius 2 is 1.67 bits per heavy atom. The first kappa shape index (κ1) is 27.5. The van der Waals surface area contributed by atoms with Gasteiger partial charge in [-0.05, 0) is 76.3 Å². The van der Waals surface area contributed by atoms with Crippen molar-refractivity contribution in [1.29, 1.82) is 0 Å². The Kier molecular flexibility index (Phi) is 9.96. The van der Waals surface area contributed by atoms with Crippen molar-refractivity contribution in [2.45, 2.75) is 71.6 Å². The number of phenols is 1. The van der Waals surface area contributed by atoms with Gasteiger partial charge in [-0.25, -0.2) is 9.59 Å². The summed E-state index contributed by atoms with van der Waals surface area (Å²) in [5, 5.41) is 24.4. The SMILES string of the molecule is Cc1cc(O)cc(C)c1C[C@H](NC(=O)[C@H](CCCN=C(N)N)NC(=O)OC(C)(C)C)C(=O)O. The van der Waals surface area contributed by atoms with Crippen LogP contribution in [-0.2, 0) is 20.7 Å². The molecule has 0 radical (unpaired) electrons. The van der Waals surface area contributed by atoms with E-state index in [4.69, 9.17) is 16.2 Å². The first-order chi connectivity index (χ1) is 15.2. The van der Waals surface area contributed by atoms with Gasteiger partial charge in [0.15, 0.2) is 5.96 Å². The Morgan fingerprint density at radius 3 is 2.15 bits per heavy atom. The fraction of sp³-hybridized carbons (Fsp3) is 0.545. The van der Waals surface area contributed by atoms with Crippen molar-refractivity contribution in [1.82, 2.24) is 10.6 Å². The third-order valence-corrected chi connectivity index (χ3v) is 4.66. The molecule has 8 N–H and O–H groups in total. The van der Waals surface area contributed by atoms with Crippen LogP contribution in [0.3, 0.4) is 0 Å². The lowest BCUT2D eigenvalue weighted by molar-refractivity contribution is -0.142. The molecule has 0 unspecified atom stereocenters. The van der Waals surface area contributed by atoms with Crippen LogP contribution in [0, 0.1) is 13.8 Å². The van der Waals surface area contributed by atoms with E-state index in [1.807, 2.05) is 0 Å². The average molecular weight is 466 g/mol. The number of carboxylic acid groups (broad SMARTS) is 1. The Balaban J connectivity index is 3.00. The van der Waals surface area contributed by atoms with Crippen molar-refractivity contribution in [3.05, 3.63) is 28.8 Å². The van der Waals surface area contributed by atoms with E-state index in [-0.39, 0.29) is 31.1 Å². The van der Waals surface area contributed by atoms with Gasteiger partial charge in [-0.15, -0.1) is 0 Å². The van der Waals surface area contributed by atoms with Crippen LogP contribution in [0.15, 0.2) is 17.1 Å². The average Bonchev–Trinajstić information content (AvgIpc) is 2.63. The fourth-order valence-electron chi connectivity index (χ4n) is 3.19. The number of guanidine groups is 1. The lowest BCUT2D eigenvalue weighted by atomic mass is 9.95. The summed E-state index contributed by atoms with van der Waals surface area (Å²) in [4.78, 5) is 40.9. The molecular weight excluding hydrogens is 430 g/mol. The second kappa shape index (κ2) is 11.9. The molecule has 0 fully saturated rings. The van der Waals surface area contributed by atoms with Gasteiger partial charge in [0, 0.05) is 13.0 Å². The number of carbonyl (C=O) groups excluding carboxylic acids is 2. The molecule has 184 valence electrons. The maximum absolute atomic E-state index is 12.9. The predicted octanol–water partition coefficient (Wildman–Crippen LogP) is 1.07. The summed E-state index contributed by atoms with van der Waals surface area (Å²) < 4.78 is 5.22. The zero-order valence-electron chi connectivity index (χ0n) is 19.8. The summed E-state index contributed by atoms with van der Waals surface area (Å²) in [5.74, 6) is -1.92. The summed E-state index contributed by atoms with van der Waals surface area (Å²) in [6.45, 7) is 8.78. The van der Waals surface area contributed by atoms with Crippen molar-refractivity contribution in [3.63, 3.8) is 0 Å². The van der Waals surface area contributed by atoms with Crippen LogP contribution in [0.4, 0.5) is 4.79 Å². The van der Waals surface area contributed by atoms with Gasteiger partial charge in [-0.3, -0.25) is 9.79 Å². The molecule has 0 aliphatic carbocycles. The number of carbonyl (C=O) groups is 3. The number of alkyl carbamates (subject to hydrolysis) is 1. The lowest BCUT2D eigenvalue weighted by Gasteiger charge is -2.25. The highest BCUT2D eigenvalue weighted by Gasteiger charge is 2.29. The first-order valence-electron chi connectivity index (χ1n) is 10.6. The minimum absolute atomic E-state index is 0.00613. The molecule has 0 bridgehead atoms. The largest absolute Gasteiger partial charge is 0.508 e. The zero-order chi connectivity index (χ0) is 25.3. The third-order valence-electron chi connectivity index (χ3n) is 4.66. The quantitative estimate of drug-likeness (QED) is 0.168. The molecule has 0 heterocycles. The summed E-state index contributed by atoms with van der Waals surface area (Å²) >= 11 is 0. The Labute approximate surface area is 193 Å². The molecule has 11 heteroatoms. The molecule has 0 saturated carbocycles. The molecule has 33 heavy (non-hydrogen) atoms. The number of ether oxygens (including phenoxy) is 1. The highest BCUT2D eigenvalue weighted by atomic mass is 16.6. The van der Waals surface area contributed by atoms with Crippen molar-refractivity contribution >= 4 is 23.9 Å². The van der Waals surface area contributed by atoms with Gasteiger partial charge in [0.1, 0.15) is 23.4 Å². The Hall–Kier alpha value is -3.50. The smallest absolute Gasteiger partial charge is 0.408 e. The van der Waals surface area contributed by atoms with E-state index in [2.05, 4.69) is 15.6 Å². The molecule has 2 amide bonds. The second-order valence-electron chi connectivity index (χ2n) is 8.81. The van der Waals surface area contributed by atoms with Gasteiger partial charge in [-0.2, -0.15) is 0 Å². The number of hydrogen-bond donors (Lipinski definition) is 6. The number of hydrogen-bond acceptors (Lipinski definition) is 6. The number of nitrogens with two attached hydrogens (primary N) is 2. The normalized spacial score (nSPS) is 12.9. The van der Waals surface area contributed by atoms with Crippen LogP contribution < -0.4 is 22.1 Å². The number of nitrogens with one attached hydrogen (secondary N) is 2. The number of phenolic OH excluding ortho intramolecular Hbond substituents is 1. The number of nitrogens with zero attached hydrogens (tertiary/aromatic N) is 1. The highest BCUT2D eigenvalue weighted by molar-refractivity contribution is 5.89. The maximum atomic E-state index is 12.9. The van der Waals surface area contributed by atoms with Crippen LogP contribution in [0.1, 0.15) is 50.3 Å².